The summed E-state index contributed by atoms with van der Waals surface area (Å²) in [4.78, 5) is 23.4. The maximum absolute atomic E-state index is 12.5. The smallest absolute Gasteiger partial charge is 0.238 e. The van der Waals surface area contributed by atoms with Gasteiger partial charge in [-0.15, -0.1) is 0 Å². The highest BCUT2D eigenvalue weighted by atomic mass is 79.9. The minimum Gasteiger partial charge on any atom is -0.342 e. The molecule has 1 amide bonds. The summed E-state index contributed by atoms with van der Waals surface area (Å²) < 4.78 is 0.859. The molecule has 6 heteroatoms. The largest absolute Gasteiger partial charge is 0.342 e. The third-order valence-electron chi connectivity index (χ3n) is 4.44. The number of hydrogen-bond acceptors (Lipinski definition) is 4. The quantitative estimate of drug-likeness (QED) is 0.913. The van der Waals surface area contributed by atoms with E-state index in [0.29, 0.717) is 0 Å². The van der Waals surface area contributed by atoms with Crippen molar-refractivity contribution in [2.45, 2.75) is 43.7 Å². The number of amides is 1. The summed E-state index contributed by atoms with van der Waals surface area (Å²) in [7, 11) is 2.01. The number of carbonyl (C=O) groups is 1. The highest BCUT2D eigenvalue weighted by Gasteiger charge is 2.44. The predicted molar refractivity (Wildman–Crippen MR) is 79.1 cm³/mol. The van der Waals surface area contributed by atoms with Crippen LogP contribution < -0.4 is 5.32 Å². The molecule has 1 aliphatic heterocycles. The Balaban J connectivity index is 1.76. The van der Waals surface area contributed by atoms with Gasteiger partial charge in [0.1, 0.15) is 0 Å². The summed E-state index contributed by atoms with van der Waals surface area (Å²) >= 11 is 3.35. The van der Waals surface area contributed by atoms with Crippen LogP contribution in [0.15, 0.2) is 16.9 Å². The van der Waals surface area contributed by atoms with Crippen LogP contribution >= 0.6 is 15.9 Å². The molecule has 1 saturated carbocycles. The summed E-state index contributed by atoms with van der Waals surface area (Å²) in [5.41, 5.74) is -0.346. The summed E-state index contributed by atoms with van der Waals surface area (Å²) in [5, 5.41) is 3.22. The molecule has 3 rings (SSSR count). The highest BCUT2D eigenvalue weighted by molar-refractivity contribution is 9.10. The van der Waals surface area contributed by atoms with Crippen LogP contribution in [0.3, 0.4) is 0 Å². The van der Waals surface area contributed by atoms with Gasteiger partial charge >= 0.3 is 0 Å². The van der Waals surface area contributed by atoms with E-state index in [9.17, 15) is 4.79 Å². The fourth-order valence-corrected chi connectivity index (χ4v) is 3.26. The van der Waals surface area contributed by atoms with E-state index in [1.54, 1.807) is 12.4 Å². The minimum atomic E-state index is -0.346. The summed E-state index contributed by atoms with van der Waals surface area (Å²) in [5.74, 6) is 0.858. The molecule has 2 fully saturated rings. The molecule has 1 aromatic rings. The maximum Gasteiger partial charge on any atom is 0.238 e. The molecule has 2 aliphatic rings. The number of rotatable bonds is 3. The van der Waals surface area contributed by atoms with Gasteiger partial charge in [-0.05, 0) is 61.6 Å². The molecule has 0 radical (unpaired) electrons. The average Bonchev–Trinajstić information content (AvgIpc) is 2.81. The Hall–Kier alpha value is -1.01. The van der Waals surface area contributed by atoms with Gasteiger partial charge in [0, 0.05) is 12.4 Å². The van der Waals surface area contributed by atoms with E-state index in [1.165, 1.54) is 0 Å². The molecule has 1 saturated heterocycles. The first-order valence-electron chi connectivity index (χ1n) is 7.11. The van der Waals surface area contributed by atoms with Crippen molar-refractivity contribution in [3.05, 3.63) is 22.7 Å². The zero-order chi connectivity index (χ0) is 14.2. The van der Waals surface area contributed by atoms with E-state index in [4.69, 9.17) is 0 Å². The van der Waals surface area contributed by atoms with Crippen molar-refractivity contribution in [2.24, 2.45) is 0 Å². The van der Waals surface area contributed by atoms with Gasteiger partial charge < -0.3 is 5.32 Å². The average molecular weight is 339 g/mol. The van der Waals surface area contributed by atoms with E-state index in [0.717, 1.165) is 48.9 Å². The van der Waals surface area contributed by atoms with Gasteiger partial charge in [0.2, 0.25) is 5.91 Å². The van der Waals surface area contributed by atoms with Crippen molar-refractivity contribution in [3.63, 3.8) is 0 Å². The van der Waals surface area contributed by atoms with Gasteiger partial charge in [-0.25, -0.2) is 9.97 Å². The number of halogens is 1. The molecule has 1 N–H and O–H groups in total. The molecule has 1 unspecified atom stereocenters. The topological polar surface area (TPSA) is 58.1 Å². The number of nitrogens with one attached hydrogen (secondary N) is 1. The van der Waals surface area contributed by atoms with Gasteiger partial charge in [0.15, 0.2) is 5.82 Å². The fraction of sp³-hybridized carbons (Fsp3) is 0.643. The zero-order valence-corrected chi connectivity index (χ0v) is 13.2. The monoisotopic (exact) mass is 338 g/mol. The second-order valence-corrected chi connectivity index (χ2v) is 6.70. The van der Waals surface area contributed by atoms with Crippen LogP contribution in [-0.2, 0) is 10.3 Å². The van der Waals surface area contributed by atoms with Crippen LogP contribution in [0.5, 0.6) is 0 Å². The van der Waals surface area contributed by atoms with E-state index >= 15 is 0 Å². The summed E-state index contributed by atoms with van der Waals surface area (Å²) in [6.07, 6.45) is 8.50. The van der Waals surface area contributed by atoms with Crippen molar-refractivity contribution < 1.29 is 4.79 Å². The third kappa shape index (κ3) is 2.46. The molecule has 1 atom stereocenters. The van der Waals surface area contributed by atoms with Gasteiger partial charge in [-0.2, -0.15) is 0 Å². The normalized spacial score (nSPS) is 25.2. The zero-order valence-electron chi connectivity index (χ0n) is 11.6. The molecule has 20 heavy (non-hydrogen) atoms. The lowest BCUT2D eigenvalue weighted by Crippen LogP contribution is -2.56. The van der Waals surface area contributed by atoms with Crippen LogP contribution in [0.4, 0.5) is 0 Å². The highest BCUT2D eigenvalue weighted by Crippen LogP contribution is 2.39. The van der Waals surface area contributed by atoms with Crippen LogP contribution in [0.1, 0.15) is 37.9 Å². The number of aromatic nitrogens is 2. The molecule has 5 nitrogen and oxygen atoms in total. The first kappa shape index (κ1) is 13.9. The SMILES string of the molecule is CN1CCCC1C(=O)NC1(c2ncc(Br)cn2)CCC1. The van der Waals surface area contributed by atoms with E-state index in [2.05, 4.69) is 36.1 Å². The second-order valence-electron chi connectivity index (χ2n) is 5.79. The Bertz CT molecular complexity index is 500. The first-order chi connectivity index (χ1) is 9.61. The second kappa shape index (κ2) is 5.41. The number of hydrogen-bond donors (Lipinski definition) is 1. The Morgan fingerprint density at radius 2 is 2.10 bits per heavy atom. The minimum absolute atomic E-state index is 0.00271. The van der Waals surface area contributed by atoms with Crippen molar-refractivity contribution >= 4 is 21.8 Å². The van der Waals surface area contributed by atoms with Gasteiger partial charge in [-0.3, -0.25) is 9.69 Å². The van der Waals surface area contributed by atoms with Crippen molar-refractivity contribution in [1.82, 2.24) is 20.2 Å². The molecule has 2 heterocycles. The molecular formula is C14H19BrN4O. The fourth-order valence-electron chi connectivity index (χ4n) is 3.05. The molecule has 0 bridgehead atoms. The lowest BCUT2D eigenvalue weighted by atomic mass is 9.75. The van der Waals surface area contributed by atoms with Crippen LogP contribution in [0.25, 0.3) is 0 Å². The Labute approximate surface area is 127 Å². The van der Waals surface area contributed by atoms with Crippen LogP contribution in [0, 0.1) is 0 Å². The third-order valence-corrected chi connectivity index (χ3v) is 4.85. The van der Waals surface area contributed by atoms with E-state index in [-0.39, 0.29) is 17.5 Å². The predicted octanol–water partition coefficient (Wildman–Crippen LogP) is 1.83. The Kier molecular flexibility index (Phi) is 3.77. The molecule has 108 valence electrons. The van der Waals surface area contributed by atoms with Crippen LogP contribution in [0.2, 0.25) is 0 Å². The van der Waals surface area contributed by atoms with Gasteiger partial charge in [0.05, 0.1) is 16.1 Å². The standard InChI is InChI=1S/C14H19BrN4O/c1-19-7-2-4-11(19)12(20)18-14(5-3-6-14)13-16-8-10(15)9-17-13/h8-9,11H,2-7H2,1H3,(H,18,20). The maximum atomic E-state index is 12.5. The molecule has 0 spiro atoms. The summed E-state index contributed by atoms with van der Waals surface area (Å²) in [6, 6.07) is 0.00271. The number of likely N-dealkylation sites (N-methyl/N-ethyl adjacent to an activating group) is 1. The molecule has 1 aliphatic carbocycles. The Morgan fingerprint density at radius 3 is 2.60 bits per heavy atom. The van der Waals surface area contributed by atoms with Crippen LogP contribution in [-0.4, -0.2) is 40.4 Å². The van der Waals surface area contributed by atoms with E-state index in [1.807, 2.05) is 7.05 Å². The number of nitrogens with zero attached hydrogens (tertiary/aromatic N) is 3. The first-order valence-corrected chi connectivity index (χ1v) is 7.90. The van der Waals surface area contributed by atoms with Gasteiger partial charge in [0.25, 0.3) is 0 Å². The lowest BCUT2D eigenvalue weighted by molar-refractivity contribution is -0.128. The summed E-state index contributed by atoms with van der Waals surface area (Å²) in [6.45, 7) is 1.000. The molecule has 1 aromatic heterocycles. The van der Waals surface area contributed by atoms with Gasteiger partial charge in [-0.1, -0.05) is 0 Å². The van der Waals surface area contributed by atoms with Crippen molar-refractivity contribution in [3.8, 4) is 0 Å². The number of carbonyl (C=O) groups excluding carboxylic acids is 1. The lowest BCUT2D eigenvalue weighted by Gasteiger charge is -2.41. The van der Waals surface area contributed by atoms with Crippen molar-refractivity contribution in [2.75, 3.05) is 13.6 Å². The van der Waals surface area contributed by atoms with E-state index < -0.39 is 0 Å². The van der Waals surface area contributed by atoms with Crippen molar-refractivity contribution in [1.29, 1.82) is 0 Å². The number of likely N-dealkylation sites (tertiary alicyclic amines) is 1. The molecule has 0 aromatic carbocycles. The Morgan fingerprint density at radius 1 is 1.40 bits per heavy atom. The molecular weight excluding hydrogens is 320 g/mol.